The van der Waals surface area contributed by atoms with Crippen LogP contribution in [0.25, 0.3) is 6.08 Å². The first-order valence-electron chi connectivity index (χ1n) is 6.79. The predicted molar refractivity (Wildman–Crippen MR) is 78.6 cm³/mol. The lowest BCUT2D eigenvalue weighted by Gasteiger charge is -2.24. The molecule has 0 amide bonds. The lowest BCUT2D eigenvalue weighted by atomic mass is 10.1. The molecule has 0 aromatic heterocycles. The van der Waals surface area contributed by atoms with Gasteiger partial charge in [-0.15, -0.1) is 0 Å². The van der Waals surface area contributed by atoms with E-state index >= 15 is 0 Å². The Balaban J connectivity index is 2.68. The van der Waals surface area contributed by atoms with Crippen molar-refractivity contribution in [3.63, 3.8) is 0 Å². The third-order valence-electron chi connectivity index (χ3n) is 3.06. The summed E-state index contributed by atoms with van der Waals surface area (Å²) in [5, 5.41) is 0. The molecule has 0 unspecified atom stereocenters. The van der Waals surface area contributed by atoms with Crippen molar-refractivity contribution in [1.29, 1.82) is 0 Å². The highest BCUT2D eigenvalue weighted by Gasteiger charge is 2.04. The zero-order valence-corrected chi connectivity index (χ0v) is 11.3. The number of anilines is 1. The first-order valence-corrected chi connectivity index (χ1v) is 6.79. The Hall–Kier alpha value is -1.24. The first-order chi connectivity index (χ1) is 8.31. The van der Waals surface area contributed by atoms with Crippen LogP contribution >= 0.6 is 0 Å². The van der Waals surface area contributed by atoms with Crippen LogP contribution in [-0.4, -0.2) is 13.1 Å². The summed E-state index contributed by atoms with van der Waals surface area (Å²) >= 11 is 0. The maximum absolute atomic E-state index is 3.79. The molecule has 0 N–H and O–H groups in total. The standard InChI is InChI=1S/C16H25N/c1-4-7-13-17(14-8-5-2)16-11-9-15(6-3)10-12-16/h6,9-12H,3-5,7-8,13-14H2,1-2H3. The van der Waals surface area contributed by atoms with E-state index in [1.165, 1.54) is 50.0 Å². The van der Waals surface area contributed by atoms with Crippen LogP contribution in [0.1, 0.15) is 45.1 Å². The summed E-state index contributed by atoms with van der Waals surface area (Å²) in [6, 6.07) is 8.71. The van der Waals surface area contributed by atoms with Crippen LogP contribution in [0.4, 0.5) is 5.69 Å². The maximum Gasteiger partial charge on any atom is 0.0366 e. The third kappa shape index (κ3) is 4.64. The molecule has 0 radical (unpaired) electrons. The second-order valence-corrected chi connectivity index (χ2v) is 4.49. The average molecular weight is 231 g/mol. The topological polar surface area (TPSA) is 3.24 Å². The van der Waals surface area contributed by atoms with Gasteiger partial charge in [0.25, 0.3) is 0 Å². The molecule has 0 aliphatic carbocycles. The minimum Gasteiger partial charge on any atom is -0.372 e. The zero-order chi connectivity index (χ0) is 12.5. The summed E-state index contributed by atoms with van der Waals surface area (Å²) in [5.41, 5.74) is 2.54. The summed E-state index contributed by atoms with van der Waals surface area (Å²) < 4.78 is 0. The van der Waals surface area contributed by atoms with Crippen LogP contribution in [0.15, 0.2) is 30.8 Å². The van der Waals surface area contributed by atoms with Crippen molar-refractivity contribution in [3.8, 4) is 0 Å². The third-order valence-corrected chi connectivity index (χ3v) is 3.06. The van der Waals surface area contributed by atoms with Gasteiger partial charge >= 0.3 is 0 Å². The largest absolute Gasteiger partial charge is 0.372 e. The van der Waals surface area contributed by atoms with Gasteiger partial charge in [0.2, 0.25) is 0 Å². The van der Waals surface area contributed by atoms with Crippen molar-refractivity contribution in [2.75, 3.05) is 18.0 Å². The molecule has 94 valence electrons. The van der Waals surface area contributed by atoms with Crippen LogP contribution in [-0.2, 0) is 0 Å². The van der Waals surface area contributed by atoms with Crippen LogP contribution in [0.5, 0.6) is 0 Å². The summed E-state index contributed by atoms with van der Waals surface area (Å²) in [5.74, 6) is 0. The fraction of sp³-hybridized carbons (Fsp3) is 0.500. The summed E-state index contributed by atoms with van der Waals surface area (Å²) in [4.78, 5) is 2.50. The van der Waals surface area contributed by atoms with Gasteiger partial charge in [0.1, 0.15) is 0 Å². The number of unbranched alkanes of at least 4 members (excludes halogenated alkanes) is 2. The Bertz CT molecular complexity index is 305. The van der Waals surface area contributed by atoms with Gasteiger partial charge in [-0.1, -0.05) is 51.5 Å². The van der Waals surface area contributed by atoms with E-state index in [9.17, 15) is 0 Å². The molecule has 0 bridgehead atoms. The fourth-order valence-corrected chi connectivity index (χ4v) is 1.89. The Morgan fingerprint density at radius 3 is 1.94 bits per heavy atom. The molecular weight excluding hydrogens is 206 g/mol. The van der Waals surface area contributed by atoms with Gasteiger partial charge in [-0.3, -0.25) is 0 Å². The van der Waals surface area contributed by atoms with E-state index in [2.05, 4.69) is 49.6 Å². The zero-order valence-electron chi connectivity index (χ0n) is 11.3. The lowest BCUT2D eigenvalue weighted by molar-refractivity contribution is 0.678. The molecule has 0 fully saturated rings. The molecule has 0 heterocycles. The van der Waals surface area contributed by atoms with E-state index in [0.717, 1.165) is 0 Å². The molecule has 0 aliphatic rings. The molecule has 1 aromatic carbocycles. The molecule has 0 spiro atoms. The van der Waals surface area contributed by atoms with Crippen molar-refractivity contribution in [1.82, 2.24) is 0 Å². The average Bonchev–Trinajstić information content (AvgIpc) is 2.39. The van der Waals surface area contributed by atoms with Gasteiger partial charge in [-0.2, -0.15) is 0 Å². The maximum atomic E-state index is 3.79. The smallest absolute Gasteiger partial charge is 0.0366 e. The van der Waals surface area contributed by atoms with Gasteiger partial charge in [-0.25, -0.2) is 0 Å². The van der Waals surface area contributed by atoms with Crippen molar-refractivity contribution >= 4 is 11.8 Å². The molecule has 0 aliphatic heterocycles. The Morgan fingerprint density at radius 2 is 1.53 bits per heavy atom. The molecule has 1 aromatic rings. The van der Waals surface area contributed by atoms with Crippen molar-refractivity contribution in [2.24, 2.45) is 0 Å². The second-order valence-electron chi connectivity index (χ2n) is 4.49. The van der Waals surface area contributed by atoms with E-state index in [1.54, 1.807) is 0 Å². The van der Waals surface area contributed by atoms with Crippen LogP contribution in [0.3, 0.4) is 0 Å². The van der Waals surface area contributed by atoms with Crippen LogP contribution in [0.2, 0.25) is 0 Å². The molecule has 1 nitrogen and oxygen atoms in total. The van der Waals surface area contributed by atoms with Gasteiger partial charge < -0.3 is 4.90 Å². The van der Waals surface area contributed by atoms with Gasteiger partial charge in [0.15, 0.2) is 0 Å². The number of benzene rings is 1. The number of rotatable bonds is 8. The number of nitrogens with zero attached hydrogens (tertiary/aromatic N) is 1. The molecule has 0 saturated carbocycles. The van der Waals surface area contributed by atoms with Gasteiger partial charge in [-0.05, 0) is 30.5 Å². The van der Waals surface area contributed by atoms with Crippen LogP contribution in [0, 0.1) is 0 Å². The molecule has 1 rings (SSSR count). The van der Waals surface area contributed by atoms with Crippen molar-refractivity contribution < 1.29 is 0 Å². The van der Waals surface area contributed by atoms with Crippen LogP contribution < -0.4 is 4.90 Å². The Morgan fingerprint density at radius 1 is 1.00 bits per heavy atom. The highest BCUT2D eigenvalue weighted by atomic mass is 15.1. The number of hydrogen-bond acceptors (Lipinski definition) is 1. The first kappa shape index (κ1) is 13.8. The fourth-order valence-electron chi connectivity index (χ4n) is 1.89. The Labute approximate surface area is 106 Å². The minimum atomic E-state index is 1.17. The van der Waals surface area contributed by atoms with Gasteiger partial charge in [0, 0.05) is 18.8 Å². The van der Waals surface area contributed by atoms with E-state index in [-0.39, 0.29) is 0 Å². The summed E-state index contributed by atoms with van der Waals surface area (Å²) in [6.45, 7) is 10.6. The van der Waals surface area contributed by atoms with E-state index in [1.807, 2.05) is 6.08 Å². The summed E-state index contributed by atoms with van der Waals surface area (Å²) in [6.07, 6.45) is 6.95. The predicted octanol–water partition coefficient (Wildman–Crippen LogP) is 4.74. The Kier molecular flexibility index (Phi) is 6.46. The van der Waals surface area contributed by atoms with Gasteiger partial charge in [0.05, 0.1) is 0 Å². The molecule has 0 saturated heterocycles. The van der Waals surface area contributed by atoms with E-state index < -0.39 is 0 Å². The SMILES string of the molecule is C=Cc1ccc(N(CCCC)CCCC)cc1. The van der Waals surface area contributed by atoms with E-state index in [0.29, 0.717) is 0 Å². The minimum absolute atomic E-state index is 1.17. The summed E-state index contributed by atoms with van der Waals surface area (Å²) in [7, 11) is 0. The highest BCUT2D eigenvalue weighted by molar-refractivity contribution is 5.54. The number of hydrogen-bond donors (Lipinski definition) is 0. The van der Waals surface area contributed by atoms with E-state index in [4.69, 9.17) is 0 Å². The van der Waals surface area contributed by atoms with Crippen molar-refractivity contribution in [2.45, 2.75) is 39.5 Å². The normalized spacial score (nSPS) is 10.2. The molecular formula is C16H25N. The monoisotopic (exact) mass is 231 g/mol. The molecule has 0 atom stereocenters. The van der Waals surface area contributed by atoms with Crippen molar-refractivity contribution in [3.05, 3.63) is 36.4 Å². The highest BCUT2D eigenvalue weighted by Crippen LogP contribution is 2.17. The molecule has 1 heteroatoms. The lowest BCUT2D eigenvalue weighted by Crippen LogP contribution is -2.25. The second kappa shape index (κ2) is 7.94. The quantitative estimate of drug-likeness (QED) is 0.625. The molecule has 17 heavy (non-hydrogen) atoms.